The molecular formula is C15H20N4. The van der Waals surface area contributed by atoms with Gasteiger partial charge in [-0.2, -0.15) is 0 Å². The molecular weight excluding hydrogens is 236 g/mol. The Labute approximate surface area is 114 Å². The van der Waals surface area contributed by atoms with Crippen molar-refractivity contribution < 1.29 is 0 Å². The second-order valence-corrected chi connectivity index (χ2v) is 4.89. The van der Waals surface area contributed by atoms with Crippen molar-refractivity contribution in [2.45, 2.75) is 13.8 Å². The fourth-order valence-electron chi connectivity index (χ4n) is 1.74. The number of aromatic nitrogens is 2. The van der Waals surface area contributed by atoms with Crippen LogP contribution in [0.3, 0.4) is 0 Å². The Morgan fingerprint density at radius 3 is 2.58 bits per heavy atom. The zero-order chi connectivity index (χ0) is 13.7. The highest BCUT2D eigenvalue weighted by Gasteiger charge is 2.02. The van der Waals surface area contributed by atoms with Crippen LogP contribution in [0.5, 0.6) is 0 Å². The zero-order valence-corrected chi connectivity index (χ0v) is 11.4. The molecule has 1 unspecified atom stereocenters. The first-order chi connectivity index (χ1) is 9.19. The van der Waals surface area contributed by atoms with Crippen LogP contribution in [-0.2, 0) is 0 Å². The number of hydrogen-bond donors (Lipinski definition) is 2. The van der Waals surface area contributed by atoms with Crippen molar-refractivity contribution in [3.63, 3.8) is 0 Å². The topological polar surface area (TPSA) is 63.8 Å². The fourth-order valence-corrected chi connectivity index (χ4v) is 1.74. The molecule has 0 bridgehead atoms. The van der Waals surface area contributed by atoms with Gasteiger partial charge in [0.05, 0.1) is 0 Å². The Morgan fingerprint density at radius 2 is 1.95 bits per heavy atom. The van der Waals surface area contributed by atoms with E-state index in [1.54, 1.807) is 0 Å². The van der Waals surface area contributed by atoms with Crippen LogP contribution < -0.4 is 11.1 Å². The average Bonchev–Trinajstić information content (AvgIpc) is 2.45. The predicted octanol–water partition coefficient (Wildman–Crippen LogP) is 2.46. The number of nitrogens with one attached hydrogen (secondary N) is 1. The summed E-state index contributed by atoms with van der Waals surface area (Å²) in [5.74, 6) is 1.07. The SMILES string of the molecule is Cc1cccc(-c2cnc(NCC(C)CN)nc2)c1. The lowest BCUT2D eigenvalue weighted by atomic mass is 10.1. The Kier molecular flexibility index (Phi) is 4.47. The molecule has 0 aliphatic rings. The maximum absolute atomic E-state index is 5.57. The standard InChI is InChI=1S/C15H20N4/c1-11-4-3-5-13(6-11)14-9-18-15(19-10-14)17-8-12(2)7-16/h3-6,9-10,12H,7-8,16H2,1-2H3,(H,17,18,19). The molecule has 4 nitrogen and oxygen atoms in total. The normalized spacial score (nSPS) is 12.2. The Balaban J connectivity index is 2.06. The highest BCUT2D eigenvalue weighted by molar-refractivity contribution is 5.62. The van der Waals surface area contributed by atoms with Crippen LogP contribution in [0.1, 0.15) is 12.5 Å². The quantitative estimate of drug-likeness (QED) is 0.862. The summed E-state index contributed by atoms with van der Waals surface area (Å²) in [6.07, 6.45) is 3.69. The molecule has 1 aromatic carbocycles. The van der Waals surface area contributed by atoms with Gasteiger partial charge in [0.1, 0.15) is 0 Å². The van der Waals surface area contributed by atoms with Gasteiger partial charge in [-0.25, -0.2) is 9.97 Å². The van der Waals surface area contributed by atoms with Crippen molar-refractivity contribution in [1.29, 1.82) is 0 Å². The minimum Gasteiger partial charge on any atom is -0.354 e. The monoisotopic (exact) mass is 256 g/mol. The summed E-state index contributed by atoms with van der Waals surface area (Å²) in [6, 6.07) is 8.31. The lowest BCUT2D eigenvalue weighted by molar-refractivity contribution is 0.625. The molecule has 2 aromatic rings. The Hall–Kier alpha value is -1.94. The van der Waals surface area contributed by atoms with Crippen molar-refractivity contribution in [3.05, 3.63) is 42.2 Å². The molecule has 4 heteroatoms. The lowest BCUT2D eigenvalue weighted by Gasteiger charge is -2.10. The van der Waals surface area contributed by atoms with E-state index in [1.807, 2.05) is 18.5 Å². The third kappa shape index (κ3) is 3.76. The highest BCUT2D eigenvalue weighted by Crippen LogP contribution is 2.19. The number of benzene rings is 1. The third-order valence-corrected chi connectivity index (χ3v) is 3.01. The van der Waals surface area contributed by atoms with E-state index in [2.05, 4.69) is 47.3 Å². The number of nitrogens with zero attached hydrogens (tertiary/aromatic N) is 2. The van der Waals surface area contributed by atoms with Crippen molar-refractivity contribution >= 4 is 5.95 Å². The first kappa shape index (κ1) is 13.5. The molecule has 0 saturated carbocycles. The summed E-state index contributed by atoms with van der Waals surface area (Å²) >= 11 is 0. The van der Waals surface area contributed by atoms with Gasteiger partial charge >= 0.3 is 0 Å². The number of rotatable bonds is 5. The van der Waals surface area contributed by atoms with Gasteiger partial charge in [0.25, 0.3) is 0 Å². The van der Waals surface area contributed by atoms with Gasteiger partial charge in [0, 0.05) is 24.5 Å². The summed E-state index contributed by atoms with van der Waals surface area (Å²) < 4.78 is 0. The molecule has 19 heavy (non-hydrogen) atoms. The van der Waals surface area contributed by atoms with E-state index in [0.717, 1.165) is 17.7 Å². The van der Waals surface area contributed by atoms with Gasteiger partial charge in [-0.15, -0.1) is 0 Å². The number of hydrogen-bond acceptors (Lipinski definition) is 4. The first-order valence-electron chi connectivity index (χ1n) is 6.52. The molecule has 0 aliphatic carbocycles. The van der Waals surface area contributed by atoms with Gasteiger partial charge in [0.15, 0.2) is 0 Å². The molecule has 3 N–H and O–H groups in total. The second kappa shape index (κ2) is 6.29. The van der Waals surface area contributed by atoms with E-state index >= 15 is 0 Å². The maximum Gasteiger partial charge on any atom is 0.222 e. The molecule has 2 rings (SSSR count). The van der Waals surface area contributed by atoms with Crippen LogP contribution >= 0.6 is 0 Å². The van der Waals surface area contributed by atoms with Gasteiger partial charge in [-0.1, -0.05) is 36.8 Å². The molecule has 0 aliphatic heterocycles. The van der Waals surface area contributed by atoms with E-state index < -0.39 is 0 Å². The number of nitrogens with two attached hydrogens (primary N) is 1. The molecule has 1 heterocycles. The summed E-state index contributed by atoms with van der Waals surface area (Å²) in [5.41, 5.74) is 8.97. The van der Waals surface area contributed by atoms with Crippen LogP contribution in [-0.4, -0.2) is 23.1 Å². The smallest absolute Gasteiger partial charge is 0.222 e. The van der Waals surface area contributed by atoms with Crippen molar-refractivity contribution in [3.8, 4) is 11.1 Å². The fraction of sp³-hybridized carbons (Fsp3) is 0.333. The largest absolute Gasteiger partial charge is 0.354 e. The maximum atomic E-state index is 5.57. The van der Waals surface area contributed by atoms with E-state index in [4.69, 9.17) is 5.73 Å². The van der Waals surface area contributed by atoms with E-state index in [1.165, 1.54) is 5.56 Å². The third-order valence-electron chi connectivity index (χ3n) is 3.01. The number of anilines is 1. The molecule has 0 amide bonds. The average molecular weight is 256 g/mol. The van der Waals surface area contributed by atoms with E-state index in [9.17, 15) is 0 Å². The minimum absolute atomic E-state index is 0.417. The van der Waals surface area contributed by atoms with Gasteiger partial charge in [-0.05, 0) is 24.9 Å². The van der Waals surface area contributed by atoms with Crippen LogP contribution in [0.2, 0.25) is 0 Å². The van der Waals surface area contributed by atoms with E-state index in [-0.39, 0.29) is 0 Å². The number of aryl methyl sites for hydroxylation is 1. The first-order valence-corrected chi connectivity index (χ1v) is 6.52. The van der Waals surface area contributed by atoms with Crippen LogP contribution in [0, 0.1) is 12.8 Å². The highest BCUT2D eigenvalue weighted by atomic mass is 15.1. The van der Waals surface area contributed by atoms with Gasteiger partial charge in [-0.3, -0.25) is 0 Å². The summed E-state index contributed by atoms with van der Waals surface area (Å²) in [5, 5.41) is 3.18. The molecule has 0 saturated heterocycles. The second-order valence-electron chi connectivity index (χ2n) is 4.89. The molecule has 1 atom stereocenters. The summed E-state index contributed by atoms with van der Waals surface area (Å²) in [6.45, 7) is 5.62. The van der Waals surface area contributed by atoms with Crippen molar-refractivity contribution in [2.24, 2.45) is 11.7 Å². The zero-order valence-electron chi connectivity index (χ0n) is 11.4. The molecule has 100 valence electrons. The summed E-state index contributed by atoms with van der Waals surface area (Å²) in [4.78, 5) is 8.66. The van der Waals surface area contributed by atoms with Crippen LogP contribution in [0.25, 0.3) is 11.1 Å². The van der Waals surface area contributed by atoms with Crippen molar-refractivity contribution in [2.75, 3.05) is 18.4 Å². The van der Waals surface area contributed by atoms with Crippen LogP contribution in [0.4, 0.5) is 5.95 Å². The molecule has 1 aromatic heterocycles. The molecule has 0 fully saturated rings. The van der Waals surface area contributed by atoms with Gasteiger partial charge < -0.3 is 11.1 Å². The van der Waals surface area contributed by atoms with E-state index in [0.29, 0.717) is 18.4 Å². The summed E-state index contributed by atoms with van der Waals surface area (Å²) in [7, 11) is 0. The Bertz CT molecular complexity index is 522. The predicted molar refractivity (Wildman–Crippen MR) is 78.9 cm³/mol. The minimum atomic E-state index is 0.417. The van der Waals surface area contributed by atoms with Gasteiger partial charge in [0.2, 0.25) is 5.95 Å². The lowest BCUT2D eigenvalue weighted by Crippen LogP contribution is -2.20. The Morgan fingerprint density at radius 1 is 1.21 bits per heavy atom. The molecule has 0 spiro atoms. The van der Waals surface area contributed by atoms with Crippen molar-refractivity contribution in [1.82, 2.24) is 9.97 Å². The molecule has 0 radical (unpaired) electrons. The van der Waals surface area contributed by atoms with Crippen LogP contribution in [0.15, 0.2) is 36.7 Å².